The van der Waals surface area contributed by atoms with Gasteiger partial charge in [-0.15, -0.1) is 11.3 Å². The predicted octanol–water partition coefficient (Wildman–Crippen LogP) is 16.4. The number of hydrogen-bond donors (Lipinski definition) is 0. The predicted molar refractivity (Wildman–Crippen MR) is 267 cm³/mol. The Morgan fingerprint density at radius 1 is 0.302 bits per heavy atom. The van der Waals surface area contributed by atoms with Crippen molar-refractivity contribution < 1.29 is 4.42 Å². The first kappa shape index (κ1) is 34.6. The Kier molecular flexibility index (Phi) is 7.24. The van der Waals surface area contributed by atoms with E-state index < -0.39 is 0 Å². The molecule has 0 fully saturated rings. The van der Waals surface area contributed by atoms with Gasteiger partial charge in [-0.1, -0.05) is 103 Å². The highest BCUT2D eigenvalue weighted by molar-refractivity contribution is 7.25. The topological polar surface area (TPSA) is 27.9 Å². The summed E-state index contributed by atoms with van der Waals surface area (Å²) in [5, 5.41) is 11.9. The van der Waals surface area contributed by atoms with Gasteiger partial charge >= 0.3 is 0 Å². The number of nitrogens with zero attached hydrogens (tertiary/aromatic N) is 3. The number of hydrogen-bond acceptors (Lipinski definition) is 2. The van der Waals surface area contributed by atoms with Crippen molar-refractivity contribution >= 4 is 119 Å². The molecule has 0 aliphatic heterocycles. The summed E-state index contributed by atoms with van der Waals surface area (Å²) in [6.45, 7) is 0. The van der Waals surface area contributed by atoms with Crippen molar-refractivity contribution in [1.82, 2.24) is 13.7 Å². The quantitative estimate of drug-likeness (QED) is 0.174. The van der Waals surface area contributed by atoms with Gasteiger partial charge in [0.15, 0.2) is 0 Å². The largest absolute Gasteiger partial charge is 0.456 e. The summed E-state index contributed by atoms with van der Waals surface area (Å²) < 4.78 is 16.2. The zero-order chi connectivity index (χ0) is 41.2. The van der Waals surface area contributed by atoms with Crippen LogP contribution in [0.5, 0.6) is 0 Å². The first-order valence-electron chi connectivity index (χ1n) is 21.4. The second-order valence-electron chi connectivity index (χ2n) is 16.6. The highest BCUT2D eigenvalue weighted by Crippen LogP contribution is 2.40. The molecular weight excluding hydrogens is 787 g/mol. The van der Waals surface area contributed by atoms with Crippen LogP contribution in [0.3, 0.4) is 0 Å². The lowest BCUT2D eigenvalue weighted by Crippen LogP contribution is -1.99. The van der Waals surface area contributed by atoms with Crippen LogP contribution >= 0.6 is 11.3 Å². The van der Waals surface area contributed by atoms with E-state index in [4.69, 9.17) is 4.42 Å². The molecule has 14 aromatic rings. The number of thiophene rings is 1. The number of benzene rings is 10. The van der Waals surface area contributed by atoms with E-state index in [0.29, 0.717) is 0 Å². The second-order valence-corrected chi connectivity index (χ2v) is 17.6. The maximum absolute atomic E-state index is 6.44. The molecule has 4 aromatic heterocycles. The van der Waals surface area contributed by atoms with Crippen LogP contribution in [0.15, 0.2) is 217 Å². The molecule has 4 heterocycles. The van der Waals surface area contributed by atoms with Crippen LogP contribution in [0.25, 0.3) is 125 Å². The summed E-state index contributed by atoms with van der Waals surface area (Å²) in [6, 6.07) is 77.9. The third-order valence-electron chi connectivity index (χ3n) is 13.0. The van der Waals surface area contributed by atoms with Crippen molar-refractivity contribution in [1.29, 1.82) is 0 Å². The van der Waals surface area contributed by atoms with Crippen molar-refractivity contribution in [2.24, 2.45) is 0 Å². The first-order valence-corrected chi connectivity index (χ1v) is 22.2. The van der Waals surface area contributed by atoms with Crippen LogP contribution in [0.1, 0.15) is 0 Å². The van der Waals surface area contributed by atoms with Crippen molar-refractivity contribution in [3.63, 3.8) is 0 Å². The lowest BCUT2D eigenvalue weighted by molar-refractivity contribution is 0.668. The Balaban J connectivity index is 1.08. The van der Waals surface area contributed by atoms with E-state index in [1.54, 1.807) is 0 Å². The van der Waals surface area contributed by atoms with Crippen molar-refractivity contribution in [3.05, 3.63) is 212 Å². The average Bonchev–Trinajstić information content (AvgIpc) is 4.00. The normalized spacial score (nSPS) is 12.1. The molecule has 0 aliphatic rings. The Labute approximate surface area is 364 Å². The molecule has 63 heavy (non-hydrogen) atoms. The van der Waals surface area contributed by atoms with Gasteiger partial charge in [-0.3, -0.25) is 0 Å². The molecule has 0 amide bonds. The minimum absolute atomic E-state index is 0.874. The number of furan rings is 1. The van der Waals surface area contributed by atoms with Gasteiger partial charge in [0.25, 0.3) is 0 Å². The van der Waals surface area contributed by atoms with Crippen LogP contribution < -0.4 is 0 Å². The summed E-state index contributed by atoms with van der Waals surface area (Å²) in [5.74, 6) is 0. The minimum atomic E-state index is 0.874. The fourth-order valence-corrected chi connectivity index (χ4v) is 11.3. The number of para-hydroxylation sites is 2. The van der Waals surface area contributed by atoms with Gasteiger partial charge in [0.1, 0.15) is 11.2 Å². The smallest absolute Gasteiger partial charge is 0.137 e. The third kappa shape index (κ3) is 5.21. The molecule has 0 unspecified atom stereocenters. The van der Waals surface area contributed by atoms with Crippen molar-refractivity contribution in [2.45, 2.75) is 0 Å². The highest BCUT2D eigenvalue weighted by atomic mass is 32.1. The number of fused-ring (bicyclic) bond motifs is 14. The number of rotatable bonds is 3. The van der Waals surface area contributed by atoms with E-state index in [2.05, 4.69) is 214 Å². The molecule has 0 saturated carbocycles. The Hall–Kier alpha value is -8.12. The van der Waals surface area contributed by atoms with E-state index in [0.717, 1.165) is 66.2 Å². The van der Waals surface area contributed by atoms with Gasteiger partial charge in [-0.2, -0.15) is 0 Å². The minimum Gasteiger partial charge on any atom is -0.456 e. The van der Waals surface area contributed by atoms with E-state index in [1.165, 1.54) is 58.4 Å². The molecule has 4 nitrogen and oxygen atoms in total. The van der Waals surface area contributed by atoms with Gasteiger partial charge in [-0.05, 0) is 119 Å². The van der Waals surface area contributed by atoms with Crippen LogP contribution in [-0.2, 0) is 0 Å². The monoisotopic (exact) mass is 821 g/mol. The number of aromatic nitrogens is 3. The molecule has 0 N–H and O–H groups in total. The Morgan fingerprint density at radius 3 is 1.59 bits per heavy atom. The molecule has 0 atom stereocenters. The zero-order valence-corrected chi connectivity index (χ0v) is 34.7. The average molecular weight is 822 g/mol. The van der Waals surface area contributed by atoms with Crippen molar-refractivity contribution in [3.8, 4) is 17.1 Å². The first-order chi connectivity index (χ1) is 31.2. The zero-order valence-electron chi connectivity index (χ0n) is 33.9. The maximum atomic E-state index is 6.44. The van der Waals surface area contributed by atoms with E-state index >= 15 is 0 Å². The Bertz CT molecular complexity index is 4280. The van der Waals surface area contributed by atoms with E-state index in [9.17, 15) is 0 Å². The molecule has 10 aromatic carbocycles. The summed E-state index contributed by atoms with van der Waals surface area (Å²) >= 11 is 1.85. The molecule has 294 valence electrons. The van der Waals surface area contributed by atoms with E-state index in [1.807, 2.05) is 23.5 Å². The lowest BCUT2D eigenvalue weighted by atomic mass is 10.1. The standard InChI is InChI=1S/C58H35N3OS/c1-2-16-45-36(10-1)11-9-20-52(45)61-53-19-5-3-17-46(53)47-26-22-43(34-54(47)61)59-39-14-7-12-37(30-39)38-13-8-15-40(31-38)60(44-23-27-49-48-18-4-6-21-55(48)62-56(49)35-44)42-25-29-58-51(33-42)50-32-41(59)24-28-57(50)63-58/h1-35H. The van der Waals surface area contributed by atoms with Gasteiger partial charge in [0.05, 0.1) is 16.7 Å². The van der Waals surface area contributed by atoms with E-state index in [-0.39, 0.29) is 0 Å². The lowest BCUT2D eigenvalue weighted by Gasteiger charge is -2.15. The van der Waals surface area contributed by atoms with Crippen molar-refractivity contribution in [2.75, 3.05) is 0 Å². The van der Waals surface area contributed by atoms with Crippen LogP contribution in [0.2, 0.25) is 0 Å². The third-order valence-corrected chi connectivity index (χ3v) is 14.2. The summed E-state index contributed by atoms with van der Waals surface area (Å²) in [5.41, 5.74) is 11.8. The summed E-state index contributed by atoms with van der Waals surface area (Å²) in [7, 11) is 0. The van der Waals surface area contributed by atoms with Gasteiger partial charge in [-0.25, -0.2) is 0 Å². The molecule has 5 heteroatoms. The van der Waals surface area contributed by atoms with Gasteiger partial charge in [0, 0.05) is 86.6 Å². The molecule has 14 rings (SSSR count). The fourth-order valence-electron chi connectivity index (χ4n) is 10.2. The molecule has 0 radical (unpaired) electrons. The molecule has 8 bridgehead atoms. The summed E-state index contributed by atoms with van der Waals surface area (Å²) in [4.78, 5) is 0. The van der Waals surface area contributed by atoms with Crippen LogP contribution in [-0.4, -0.2) is 13.7 Å². The summed E-state index contributed by atoms with van der Waals surface area (Å²) in [6.07, 6.45) is 0. The molecule has 0 saturated heterocycles. The fraction of sp³-hybridized carbons (Fsp3) is 0. The highest BCUT2D eigenvalue weighted by Gasteiger charge is 2.17. The van der Waals surface area contributed by atoms with Crippen LogP contribution in [0, 0.1) is 0 Å². The Morgan fingerprint density at radius 2 is 0.841 bits per heavy atom. The maximum Gasteiger partial charge on any atom is 0.137 e. The second kappa shape index (κ2) is 13.2. The molecule has 0 aliphatic carbocycles. The molecular formula is C58H35N3OS. The van der Waals surface area contributed by atoms with Gasteiger partial charge < -0.3 is 18.1 Å². The van der Waals surface area contributed by atoms with Crippen LogP contribution in [0.4, 0.5) is 0 Å². The van der Waals surface area contributed by atoms with Gasteiger partial charge in [0.2, 0.25) is 0 Å². The SMILES string of the molecule is c1ccc2c(-n3c4ccccc4c4ccc(-n5c6cccc(c6)c6cccc(c6)n(-c6ccc7c(c6)oc6ccccc67)c6ccc7sc8ccc5cc8c7c6)cc43)cccc2c1. The molecule has 0 spiro atoms.